The van der Waals surface area contributed by atoms with Gasteiger partial charge in [-0.2, -0.15) is 0 Å². The molecule has 0 atom stereocenters. The molecule has 0 aromatic rings. The molecule has 24 heavy (non-hydrogen) atoms. The predicted octanol–water partition coefficient (Wildman–Crippen LogP) is 4.51. The maximum atomic E-state index is 10.1. The fourth-order valence-corrected chi connectivity index (χ4v) is 1.23. The molecule has 0 bridgehead atoms. The van der Waals surface area contributed by atoms with Crippen molar-refractivity contribution < 1.29 is 29.7 Å². The topological polar surface area (TPSA) is 112 Å². The molecule has 0 fully saturated rings. The normalized spacial score (nSPS) is 8.79. The molecule has 0 aliphatic carbocycles. The number of carboxylic acids is 3. The maximum Gasteiger partial charge on any atom is 0.330 e. The monoisotopic (exact) mass is 344 g/mol. The van der Waals surface area contributed by atoms with Gasteiger partial charge in [-0.3, -0.25) is 4.79 Å². The van der Waals surface area contributed by atoms with Gasteiger partial charge in [-0.25, -0.2) is 9.59 Å². The lowest BCUT2D eigenvalue weighted by Crippen LogP contribution is -1.93. The van der Waals surface area contributed by atoms with E-state index in [1.807, 2.05) is 0 Å². The van der Waals surface area contributed by atoms with E-state index in [0.29, 0.717) is 6.42 Å². The second-order valence-corrected chi connectivity index (χ2v) is 5.44. The van der Waals surface area contributed by atoms with E-state index >= 15 is 0 Å². The van der Waals surface area contributed by atoms with Crippen LogP contribution in [0.15, 0.2) is 24.3 Å². The highest BCUT2D eigenvalue weighted by Gasteiger charge is 1.95. The first-order chi connectivity index (χ1) is 11.1. The summed E-state index contributed by atoms with van der Waals surface area (Å²) in [5, 5.41) is 24.1. The first kappa shape index (κ1) is 26.8. The van der Waals surface area contributed by atoms with Crippen LogP contribution >= 0.6 is 0 Å². The highest BCUT2D eigenvalue weighted by Crippen LogP contribution is 2.07. The van der Waals surface area contributed by atoms with Crippen molar-refractivity contribution in [2.75, 3.05) is 0 Å². The fourth-order valence-electron chi connectivity index (χ4n) is 1.23. The Labute approximate surface area is 144 Å². The number of rotatable bonds is 10. The Hall–Kier alpha value is -2.11. The molecular formula is C18H32O6. The predicted molar refractivity (Wildman–Crippen MR) is 95.1 cm³/mol. The number of unbranched alkanes of at least 4 members (excludes halogenated alkanes) is 6. The van der Waals surface area contributed by atoms with Gasteiger partial charge >= 0.3 is 17.9 Å². The average Bonchev–Trinajstić information content (AvgIpc) is 2.47. The molecule has 0 rings (SSSR count). The minimum Gasteiger partial charge on any atom is -0.481 e. The highest BCUT2D eigenvalue weighted by molar-refractivity contribution is 5.85. The van der Waals surface area contributed by atoms with E-state index in [1.165, 1.54) is 46.0 Å². The van der Waals surface area contributed by atoms with Crippen molar-refractivity contribution in [3.05, 3.63) is 24.3 Å². The van der Waals surface area contributed by atoms with Crippen LogP contribution < -0.4 is 0 Å². The molecule has 0 aromatic carbocycles. The molecule has 0 aromatic heterocycles. The average molecular weight is 344 g/mol. The molecular weight excluding hydrogens is 312 g/mol. The Morgan fingerprint density at radius 3 is 1.25 bits per heavy atom. The summed E-state index contributed by atoms with van der Waals surface area (Å²) >= 11 is 0. The summed E-state index contributed by atoms with van der Waals surface area (Å²) in [4.78, 5) is 29.3. The van der Waals surface area contributed by atoms with Crippen LogP contribution in [0.5, 0.6) is 0 Å². The molecule has 0 amide bonds. The smallest absolute Gasteiger partial charge is 0.330 e. The quantitative estimate of drug-likeness (QED) is 0.397. The number of carboxylic acid groups (broad SMARTS) is 3. The lowest BCUT2D eigenvalue weighted by molar-refractivity contribution is -0.137. The van der Waals surface area contributed by atoms with Gasteiger partial charge in [0.2, 0.25) is 0 Å². The Morgan fingerprint density at radius 1 is 0.708 bits per heavy atom. The molecule has 6 nitrogen and oxygen atoms in total. The van der Waals surface area contributed by atoms with Crippen LogP contribution in [0.2, 0.25) is 0 Å². The van der Waals surface area contributed by atoms with Gasteiger partial charge in [0.1, 0.15) is 0 Å². The molecule has 0 aliphatic heterocycles. The van der Waals surface area contributed by atoms with Crippen molar-refractivity contribution >= 4 is 17.9 Å². The minimum absolute atomic E-state index is 0.176. The van der Waals surface area contributed by atoms with Gasteiger partial charge in [0.25, 0.3) is 0 Å². The summed E-state index contributed by atoms with van der Waals surface area (Å²) in [7, 11) is 0. The molecule has 0 spiro atoms. The summed E-state index contributed by atoms with van der Waals surface area (Å²) in [5.41, 5.74) is 0.352. The van der Waals surface area contributed by atoms with Gasteiger partial charge in [0, 0.05) is 17.6 Å². The second-order valence-electron chi connectivity index (χ2n) is 5.44. The molecule has 0 heterocycles. The Kier molecular flexibility index (Phi) is 21.1. The van der Waals surface area contributed by atoms with Crippen molar-refractivity contribution in [2.45, 2.75) is 72.1 Å². The lowest BCUT2D eigenvalue weighted by Gasteiger charge is -1.98. The Morgan fingerprint density at radius 2 is 1.00 bits per heavy atom. The first-order valence-corrected chi connectivity index (χ1v) is 8.05. The van der Waals surface area contributed by atoms with Crippen LogP contribution in [0.4, 0.5) is 0 Å². The van der Waals surface area contributed by atoms with Gasteiger partial charge in [0.05, 0.1) is 0 Å². The van der Waals surface area contributed by atoms with Crippen LogP contribution in [-0.2, 0) is 14.4 Å². The summed E-state index contributed by atoms with van der Waals surface area (Å²) in [6.45, 7) is 11.4. The Balaban J connectivity index is -0.000000309. The van der Waals surface area contributed by atoms with Crippen molar-refractivity contribution in [3.63, 3.8) is 0 Å². The zero-order valence-corrected chi connectivity index (χ0v) is 15.1. The molecule has 3 N–H and O–H groups in total. The third-order valence-corrected chi connectivity index (χ3v) is 2.72. The Bertz CT molecular complexity index is 350. The third kappa shape index (κ3) is 32.0. The minimum atomic E-state index is -0.935. The van der Waals surface area contributed by atoms with E-state index in [0.717, 1.165) is 12.8 Å². The van der Waals surface area contributed by atoms with Crippen LogP contribution in [0.3, 0.4) is 0 Å². The fraction of sp³-hybridized carbons (Fsp3) is 0.611. The molecule has 140 valence electrons. The van der Waals surface area contributed by atoms with Gasteiger partial charge in [-0.15, -0.1) is 0 Å². The molecule has 6 heteroatoms. The summed E-state index contributed by atoms with van der Waals surface area (Å²) in [5.74, 6) is -2.53. The summed E-state index contributed by atoms with van der Waals surface area (Å²) in [6.07, 6.45) is 8.64. The highest BCUT2D eigenvalue weighted by atomic mass is 16.4. The zero-order valence-electron chi connectivity index (χ0n) is 15.1. The largest absolute Gasteiger partial charge is 0.481 e. The van der Waals surface area contributed by atoms with Crippen molar-refractivity contribution in [1.82, 2.24) is 0 Å². The number of hydrogen-bond donors (Lipinski definition) is 3. The number of carbonyl (C=O) groups is 3. The van der Waals surface area contributed by atoms with Crippen LogP contribution in [0, 0.1) is 0 Å². The molecule has 0 aliphatic rings. The number of aliphatic carboxylic acids is 3. The van der Waals surface area contributed by atoms with Gasteiger partial charge in [0.15, 0.2) is 0 Å². The third-order valence-electron chi connectivity index (χ3n) is 2.72. The molecule has 0 unspecified atom stereocenters. The lowest BCUT2D eigenvalue weighted by atomic mass is 10.1. The van der Waals surface area contributed by atoms with Gasteiger partial charge in [-0.05, 0) is 20.3 Å². The van der Waals surface area contributed by atoms with Crippen molar-refractivity contribution in [1.29, 1.82) is 0 Å². The van der Waals surface area contributed by atoms with E-state index in [4.69, 9.17) is 15.3 Å². The van der Waals surface area contributed by atoms with E-state index in [-0.39, 0.29) is 11.1 Å². The first-order valence-electron chi connectivity index (χ1n) is 8.05. The zero-order chi connectivity index (χ0) is 19.5. The molecule has 0 saturated heterocycles. The van der Waals surface area contributed by atoms with Crippen molar-refractivity contribution in [2.24, 2.45) is 0 Å². The summed E-state index contributed by atoms with van der Waals surface area (Å²) in [6, 6.07) is 0. The molecule has 0 saturated carbocycles. The van der Waals surface area contributed by atoms with E-state index in [2.05, 4.69) is 20.1 Å². The standard InChI is InChI=1S/C10H20O2.2C4H6O2/c1-2-3-4-5-6-7-8-9-10(11)12;2*1-3(2)4(5)6/h2-9H2,1H3,(H,11,12);2*1H2,2H3,(H,5,6). The van der Waals surface area contributed by atoms with Crippen LogP contribution in [-0.4, -0.2) is 33.2 Å². The van der Waals surface area contributed by atoms with Crippen molar-refractivity contribution in [3.8, 4) is 0 Å². The van der Waals surface area contributed by atoms with E-state index < -0.39 is 17.9 Å². The van der Waals surface area contributed by atoms with Gasteiger partial charge in [-0.1, -0.05) is 58.6 Å². The van der Waals surface area contributed by atoms with Crippen LogP contribution in [0.25, 0.3) is 0 Å². The van der Waals surface area contributed by atoms with E-state index in [1.54, 1.807) is 0 Å². The molecule has 0 radical (unpaired) electrons. The second kappa shape index (κ2) is 18.9. The van der Waals surface area contributed by atoms with Crippen LogP contribution in [0.1, 0.15) is 72.1 Å². The van der Waals surface area contributed by atoms with Gasteiger partial charge < -0.3 is 15.3 Å². The SMILES string of the molecule is C=C(C)C(=O)O.C=C(C)C(=O)O.CCCCCCCCCC(=O)O. The van der Waals surface area contributed by atoms with E-state index in [9.17, 15) is 14.4 Å². The number of hydrogen-bond acceptors (Lipinski definition) is 3. The summed E-state index contributed by atoms with van der Waals surface area (Å²) < 4.78 is 0. The maximum absolute atomic E-state index is 10.1.